The molecule has 0 spiro atoms. The highest BCUT2D eigenvalue weighted by Crippen LogP contribution is 2.35. The number of carboxylic acids is 1. The topological polar surface area (TPSA) is 86.3 Å². The SMILES string of the molecule is CC(C)=CC[C@@]1(C(=O)O)CCCN(Cc2cc(=O)[nH]c(C)n2)C1. The summed E-state index contributed by atoms with van der Waals surface area (Å²) in [6.07, 6.45) is 4.08. The number of allylic oxidation sites excluding steroid dienone is 2. The van der Waals surface area contributed by atoms with Crippen LogP contribution < -0.4 is 5.56 Å². The molecule has 0 saturated carbocycles. The van der Waals surface area contributed by atoms with E-state index in [0.717, 1.165) is 18.5 Å². The van der Waals surface area contributed by atoms with E-state index in [1.54, 1.807) is 6.92 Å². The molecule has 0 aliphatic carbocycles. The van der Waals surface area contributed by atoms with Crippen LogP contribution in [0, 0.1) is 12.3 Å². The lowest BCUT2D eigenvalue weighted by molar-refractivity contribution is -0.152. The Labute approximate surface area is 136 Å². The number of nitrogens with zero attached hydrogens (tertiary/aromatic N) is 2. The molecule has 126 valence electrons. The number of aromatic amines is 1. The highest BCUT2D eigenvalue weighted by atomic mass is 16.4. The van der Waals surface area contributed by atoms with E-state index < -0.39 is 11.4 Å². The van der Waals surface area contributed by atoms with Gasteiger partial charge >= 0.3 is 5.97 Å². The van der Waals surface area contributed by atoms with E-state index in [0.29, 0.717) is 37.4 Å². The van der Waals surface area contributed by atoms with Crippen molar-refractivity contribution in [3.8, 4) is 0 Å². The Morgan fingerprint density at radius 3 is 2.87 bits per heavy atom. The summed E-state index contributed by atoms with van der Waals surface area (Å²) in [5.41, 5.74) is 0.911. The van der Waals surface area contributed by atoms with Gasteiger partial charge in [-0.05, 0) is 46.6 Å². The van der Waals surface area contributed by atoms with Gasteiger partial charge in [0.05, 0.1) is 11.1 Å². The summed E-state index contributed by atoms with van der Waals surface area (Å²) in [6, 6.07) is 1.49. The molecule has 1 aliphatic heterocycles. The highest BCUT2D eigenvalue weighted by Gasteiger charge is 2.41. The number of rotatable bonds is 5. The van der Waals surface area contributed by atoms with Gasteiger partial charge in [0.25, 0.3) is 5.56 Å². The van der Waals surface area contributed by atoms with Crippen LogP contribution in [0.4, 0.5) is 0 Å². The number of H-pyrrole nitrogens is 1. The first-order valence-electron chi connectivity index (χ1n) is 7.97. The molecule has 0 unspecified atom stereocenters. The Hall–Kier alpha value is -1.95. The molecule has 23 heavy (non-hydrogen) atoms. The molecular formula is C17H25N3O3. The number of aromatic nitrogens is 2. The van der Waals surface area contributed by atoms with Crippen LogP contribution in [0.5, 0.6) is 0 Å². The number of hydrogen-bond acceptors (Lipinski definition) is 4. The molecule has 1 aliphatic rings. The van der Waals surface area contributed by atoms with E-state index in [9.17, 15) is 14.7 Å². The molecule has 0 amide bonds. The van der Waals surface area contributed by atoms with E-state index in [1.807, 2.05) is 19.9 Å². The number of piperidine rings is 1. The summed E-state index contributed by atoms with van der Waals surface area (Å²) >= 11 is 0. The molecular weight excluding hydrogens is 294 g/mol. The van der Waals surface area contributed by atoms with Crippen molar-refractivity contribution in [2.24, 2.45) is 5.41 Å². The Kier molecular flexibility index (Phi) is 5.36. The summed E-state index contributed by atoms with van der Waals surface area (Å²) in [6.45, 7) is 7.54. The van der Waals surface area contributed by atoms with Crippen LogP contribution in [-0.4, -0.2) is 39.0 Å². The van der Waals surface area contributed by atoms with E-state index >= 15 is 0 Å². The molecule has 6 nitrogen and oxygen atoms in total. The summed E-state index contributed by atoms with van der Waals surface area (Å²) in [5.74, 6) is -0.159. The fourth-order valence-electron chi connectivity index (χ4n) is 3.14. The molecule has 0 radical (unpaired) electrons. The van der Waals surface area contributed by atoms with Crippen molar-refractivity contribution < 1.29 is 9.90 Å². The largest absolute Gasteiger partial charge is 0.481 e. The molecule has 1 aromatic heterocycles. The van der Waals surface area contributed by atoms with Gasteiger partial charge in [0.2, 0.25) is 0 Å². The average molecular weight is 319 g/mol. The fourth-order valence-corrected chi connectivity index (χ4v) is 3.14. The number of aryl methyl sites for hydroxylation is 1. The maximum Gasteiger partial charge on any atom is 0.311 e. The molecule has 2 N–H and O–H groups in total. The smallest absolute Gasteiger partial charge is 0.311 e. The first kappa shape index (κ1) is 17.4. The van der Waals surface area contributed by atoms with Crippen LogP contribution in [0.2, 0.25) is 0 Å². The van der Waals surface area contributed by atoms with Crippen LogP contribution in [-0.2, 0) is 11.3 Å². The fraction of sp³-hybridized carbons (Fsp3) is 0.588. The Morgan fingerprint density at radius 2 is 2.26 bits per heavy atom. The molecule has 1 saturated heterocycles. The minimum absolute atomic E-state index is 0.168. The predicted octanol–water partition coefficient (Wildman–Crippen LogP) is 2.10. The third-order valence-corrected chi connectivity index (χ3v) is 4.31. The van der Waals surface area contributed by atoms with Gasteiger partial charge in [-0.25, -0.2) is 4.98 Å². The number of carboxylic acid groups (broad SMARTS) is 1. The number of likely N-dealkylation sites (tertiary alicyclic amines) is 1. The summed E-state index contributed by atoms with van der Waals surface area (Å²) in [7, 11) is 0. The average Bonchev–Trinajstić information content (AvgIpc) is 2.44. The molecule has 1 aromatic rings. The van der Waals surface area contributed by atoms with Crippen molar-refractivity contribution in [1.29, 1.82) is 0 Å². The lowest BCUT2D eigenvalue weighted by Gasteiger charge is -2.39. The number of hydrogen-bond donors (Lipinski definition) is 2. The van der Waals surface area contributed by atoms with Gasteiger partial charge in [-0.3, -0.25) is 14.5 Å². The Balaban J connectivity index is 2.16. The summed E-state index contributed by atoms with van der Waals surface area (Å²) in [4.78, 5) is 32.5. The van der Waals surface area contributed by atoms with Crippen LogP contribution in [0.3, 0.4) is 0 Å². The summed E-state index contributed by atoms with van der Waals surface area (Å²) in [5, 5.41) is 9.75. The first-order chi connectivity index (χ1) is 10.8. The molecule has 0 bridgehead atoms. The second-order valence-corrected chi connectivity index (χ2v) is 6.71. The second kappa shape index (κ2) is 7.08. The third-order valence-electron chi connectivity index (χ3n) is 4.31. The molecule has 2 heterocycles. The van der Waals surface area contributed by atoms with Gasteiger partial charge in [-0.2, -0.15) is 0 Å². The Bertz CT molecular complexity index is 661. The quantitative estimate of drug-likeness (QED) is 0.812. The van der Waals surface area contributed by atoms with E-state index in [-0.39, 0.29) is 5.56 Å². The van der Waals surface area contributed by atoms with Gasteiger partial charge in [0, 0.05) is 19.2 Å². The number of carbonyl (C=O) groups is 1. The zero-order chi connectivity index (χ0) is 17.0. The lowest BCUT2D eigenvalue weighted by Crippen LogP contribution is -2.47. The maximum atomic E-state index is 11.9. The van der Waals surface area contributed by atoms with Crippen molar-refractivity contribution in [2.45, 2.75) is 46.6 Å². The van der Waals surface area contributed by atoms with Gasteiger partial charge in [0.1, 0.15) is 5.82 Å². The van der Waals surface area contributed by atoms with Crippen molar-refractivity contribution in [2.75, 3.05) is 13.1 Å². The van der Waals surface area contributed by atoms with Crippen molar-refractivity contribution in [1.82, 2.24) is 14.9 Å². The lowest BCUT2D eigenvalue weighted by atomic mass is 9.76. The number of aliphatic carboxylic acids is 1. The molecule has 1 atom stereocenters. The molecule has 1 fully saturated rings. The van der Waals surface area contributed by atoms with Crippen molar-refractivity contribution in [3.05, 3.63) is 39.6 Å². The van der Waals surface area contributed by atoms with Crippen LogP contribution in [0.1, 0.15) is 44.6 Å². The van der Waals surface area contributed by atoms with Gasteiger partial charge in [-0.1, -0.05) is 11.6 Å². The highest BCUT2D eigenvalue weighted by molar-refractivity contribution is 5.75. The van der Waals surface area contributed by atoms with E-state index in [1.165, 1.54) is 6.07 Å². The van der Waals surface area contributed by atoms with Gasteiger partial charge in [0.15, 0.2) is 0 Å². The van der Waals surface area contributed by atoms with Crippen LogP contribution in [0.15, 0.2) is 22.5 Å². The van der Waals surface area contributed by atoms with Crippen molar-refractivity contribution in [3.63, 3.8) is 0 Å². The minimum Gasteiger partial charge on any atom is -0.481 e. The second-order valence-electron chi connectivity index (χ2n) is 6.71. The van der Waals surface area contributed by atoms with Gasteiger partial charge < -0.3 is 10.1 Å². The first-order valence-corrected chi connectivity index (χ1v) is 7.97. The zero-order valence-corrected chi connectivity index (χ0v) is 14.1. The van der Waals surface area contributed by atoms with Gasteiger partial charge in [-0.15, -0.1) is 0 Å². The third kappa shape index (κ3) is 4.51. The van der Waals surface area contributed by atoms with Crippen molar-refractivity contribution >= 4 is 5.97 Å². The van der Waals surface area contributed by atoms with E-state index in [4.69, 9.17) is 0 Å². The molecule has 0 aromatic carbocycles. The number of nitrogens with one attached hydrogen (secondary N) is 1. The van der Waals surface area contributed by atoms with Crippen LogP contribution in [0.25, 0.3) is 0 Å². The Morgan fingerprint density at radius 1 is 1.52 bits per heavy atom. The minimum atomic E-state index is -0.744. The molecule has 2 rings (SSSR count). The maximum absolute atomic E-state index is 11.9. The zero-order valence-electron chi connectivity index (χ0n) is 14.1. The standard InChI is InChI=1S/C17H25N3O3/c1-12(2)5-7-17(16(22)23)6-4-8-20(11-17)10-14-9-15(21)19-13(3)18-14/h5,9H,4,6-8,10-11H2,1-3H3,(H,22,23)(H,18,19,21)/t17-/m0/s1. The summed E-state index contributed by atoms with van der Waals surface area (Å²) < 4.78 is 0. The van der Waals surface area contributed by atoms with E-state index in [2.05, 4.69) is 14.9 Å². The normalized spacial score (nSPS) is 21.9. The predicted molar refractivity (Wildman–Crippen MR) is 88.2 cm³/mol. The molecule has 6 heteroatoms. The van der Waals surface area contributed by atoms with Crippen LogP contribution >= 0.6 is 0 Å². The monoisotopic (exact) mass is 319 g/mol.